The number of hydrogen-bond donors (Lipinski definition) is 1. The average Bonchev–Trinajstić information content (AvgIpc) is 2.86. The van der Waals surface area contributed by atoms with E-state index in [0.717, 1.165) is 12.8 Å². The summed E-state index contributed by atoms with van der Waals surface area (Å²) in [6.45, 7) is 1.50. The van der Waals surface area contributed by atoms with Gasteiger partial charge in [-0.25, -0.2) is 8.78 Å². The number of hydrogen-bond acceptors (Lipinski definition) is 3. The number of aromatic nitrogens is 2. The Hall–Kier alpha value is -1.21. The number of fused-ring (bicyclic) bond motifs is 2. The summed E-state index contributed by atoms with van der Waals surface area (Å²) in [5.74, 6) is -0.206. The smallest absolute Gasteiger partial charge is 0.283 e. The monoisotopic (exact) mass is 346 g/mol. The van der Waals surface area contributed by atoms with Gasteiger partial charge >= 0.3 is 0 Å². The number of alkyl halides is 2. The van der Waals surface area contributed by atoms with Gasteiger partial charge in [0.2, 0.25) is 5.91 Å². The van der Waals surface area contributed by atoms with E-state index in [1.807, 2.05) is 0 Å². The third kappa shape index (κ3) is 3.21. The highest BCUT2D eigenvalue weighted by atomic mass is 35.5. The molecular formula is C15H21ClF2N4O. The van der Waals surface area contributed by atoms with Gasteiger partial charge in [0.05, 0.1) is 10.7 Å². The molecule has 1 amide bonds. The van der Waals surface area contributed by atoms with E-state index >= 15 is 0 Å². The largest absolute Gasteiger partial charge is 0.352 e. The lowest BCUT2D eigenvalue weighted by Crippen LogP contribution is -2.49. The van der Waals surface area contributed by atoms with Gasteiger partial charge in [-0.15, -0.1) is 0 Å². The summed E-state index contributed by atoms with van der Waals surface area (Å²) in [5, 5.41) is 6.71. The molecule has 0 radical (unpaired) electrons. The van der Waals surface area contributed by atoms with Gasteiger partial charge in [0.15, 0.2) is 0 Å². The van der Waals surface area contributed by atoms with E-state index in [-0.39, 0.29) is 23.5 Å². The van der Waals surface area contributed by atoms with Crippen LogP contribution in [0, 0.1) is 6.92 Å². The molecule has 2 atom stereocenters. The van der Waals surface area contributed by atoms with Crippen LogP contribution in [-0.4, -0.2) is 45.8 Å². The quantitative estimate of drug-likeness (QED) is 0.911. The van der Waals surface area contributed by atoms with Crippen molar-refractivity contribution in [2.75, 3.05) is 7.05 Å². The third-order valence-corrected chi connectivity index (χ3v) is 5.59. The Morgan fingerprint density at radius 2 is 2.00 bits per heavy atom. The molecule has 1 N–H and O–H groups in total. The van der Waals surface area contributed by atoms with Crippen LogP contribution in [0.1, 0.15) is 43.5 Å². The highest BCUT2D eigenvalue weighted by Crippen LogP contribution is 2.34. The molecule has 23 heavy (non-hydrogen) atoms. The summed E-state index contributed by atoms with van der Waals surface area (Å²) in [5.41, 5.74) is -0.0742. The second-order valence-electron chi connectivity index (χ2n) is 6.53. The molecule has 2 unspecified atom stereocenters. The molecule has 2 aliphatic heterocycles. The number of nitrogens with one attached hydrogen (secondary N) is 1. The predicted molar refractivity (Wildman–Crippen MR) is 82.7 cm³/mol. The Morgan fingerprint density at radius 1 is 1.39 bits per heavy atom. The number of carbonyl (C=O) groups excluding carboxylic acids is 1. The summed E-state index contributed by atoms with van der Waals surface area (Å²) < 4.78 is 26.8. The first kappa shape index (κ1) is 16.6. The second kappa shape index (κ2) is 6.36. The molecule has 0 aliphatic carbocycles. The van der Waals surface area contributed by atoms with Crippen LogP contribution in [0.5, 0.6) is 0 Å². The van der Waals surface area contributed by atoms with Crippen LogP contribution in [0.15, 0.2) is 0 Å². The number of carbonyl (C=O) groups is 1. The van der Waals surface area contributed by atoms with Gasteiger partial charge in [-0.3, -0.25) is 9.48 Å². The van der Waals surface area contributed by atoms with Crippen LogP contribution >= 0.6 is 11.6 Å². The van der Waals surface area contributed by atoms with E-state index in [9.17, 15) is 13.6 Å². The summed E-state index contributed by atoms with van der Waals surface area (Å²) in [7, 11) is 2.14. The molecule has 0 spiro atoms. The molecule has 128 valence electrons. The minimum Gasteiger partial charge on any atom is -0.352 e. The molecular weight excluding hydrogens is 326 g/mol. The highest BCUT2D eigenvalue weighted by Gasteiger charge is 2.38. The van der Waals surface area contributed by atoms with Gasteiger partial charge in [0.25, 0.3) is 6.43 Å². The van der Waals surface area contributed by atoms with Gasteiger partial charge in [-0.2, -0.15) is 5.10 Å². The second-order valence-corrected chi connectivity index (χ2v) is 6.91. The Morgan fingerprint density at radius 3 is 2.52 bits per heavy atom. The van der Waals surface area contributed by atoms with Gasteiger partial charge in [-0.1, -0.05) is 11.6 Å². The molecule has 2 aliphatic rings. The van der Waals surface area contributed by atoms with E-state index in [1.165, 1.54) is 17.5 Å². The lowest BCUT2D eigenvalue weighted by Gasteiger charge is -2.36. The maximum Gasteiger partial charge on any atom is 0.283 e. The average molecular weight is 347 g/mol. The van der Waals surface area contributed by atoms with Crippen LogP contribution in [0.3, 0.4) is 0 Å². The number of nitrogens with zero attached hydrogens (tertiary/aromatic N) is 3. The van der Waals surface area contributed by atoms with E-state index in [0.29, 0.717) is 17.8 Å². The zero-order valence-corrected chi connectivity index (χ0v) is 14.0. The first-order chi connectivity index (χ1) is 10.9. The summed E-state index contributed by atoms with van der Waals surface area (Å²) in [6, 6.07) is 1.22. The zero-order valence-electron chi connectivity index (χ0n) is 13.2. The maximum atomic E-state index is 12.8. The molecule has 1 aromatic rings. The normalized spacial score (nSPS) is 27.7. The van der Waals surface area contributed by atoms with E-state index in [2.05, 4.69) is 22.4 Å². The lowest BCUT2D eigenvalue weighted by molar-refractivity contribution is -0.123. The lowest BCUT2D eigenvalue weighted by atomic mass is 9.98. The molecule has 8 heteroatoms. The van der Waals surface area contributed by atoms with Crippen molar-refractivity contribution in [1.82, 2.24) is 20.0 Å². The molecule has 0 saturated carbocycles. The fourth-order valence-electron chi connectivity index (χ4n) is 3.78. The molecule has 5 nitrogen and oxygen atoms in total. The minimum atomic E-state index is -2.74. The Kier molecular flexibility index (Phi) is 4.60. The summed E-state index contributed by atoms with van der Waals surface area (Å²) >= 11 is 5.85. The van der Waals surface area contributed by atoms with Crippen molar-refractivity contribution in [3.8, 4) is 0 Å². The summed E-state index contributed by atoms with van der Waals surface area (Å²) in [6.07, 6.45) is 1.51. The van der Waals surface area contributed by atoms with Crippen molar-refractivity contribution in [2.45, 2.75) is 63.7 Å². The van der Waals surface area contributed by atoms with Gasteiger partial charge in [-0.05, 0) is 39.7 Å². The minimum absolute atomic E-state index is 0.0647. The number of halogens is 3. The number of piperidine rings is 1. The van der Waals surface area contributed by atoms with Gasteiger partial charge in [0.1, 0.15) is 12.2 Å². The molecule has 3 heterocycles. The Labute approximate surface area is 139 Å². The number of rotatable bonds is 4. The van der Waals surface area contributed by atoms with Crippen molar-refractivity contribution < 1.29 is 13.6 Å². The van der Waals surface area contributed by atoms with Crippen LogP contribution < -0.4 is 5.32 Å². The Bertz CT molecular complexity index is 593. The van der Waals surface area contributed by atoms with E-state index < -0.39 is 12.1 Å². The highest BCUT2D eigenvalue weighted by molar-refractivity contribution is 6.31. The van der Waals surface area contributed by atoms with Gasteiger partial charge in [0, 0.05) is 18.1 Å². The molecule has 0 aromatic carbocycles. The molecule has 3 rings (SSSR count). The fourth-order valence-corrected chi connectivity index (χ4v) is 4.00. The number of amides is 1. The molecule has 2 bridgehead atoms. The third-order valence-electron chi connectivity index (χ3n) is 5.12. The van der Waals surface area contributed by atoms with Crippen molar-refractivity contribution in [3.63, 3.8) is 0 Å². The van der Waals surface area contributed by atoms with Crippen LogP contribution in [0.25, 0.3) is 0 Å². The van der Waals surface area contributed by atoms with Gasteiger partial charge < -0.3 is 10.2 Å². The van der Waals surface area contributed by atoms with Crippen molar-refractivity contribution >= 4 is 17.5 Å². The fraction of sp³-hybridized carbons (Fsp3) is 0.733. The van der Waals surface area contributed by atoms with Crippen LogP contribution in [0.4, 0.5) is 8.78 Å². The Balaban J connectivity index is 1.61. The van der Waals surface area contributed by atoms with Crippen molar-refractivity contribution in [1.29, 1.82) is 0 Å². The zero-order chi connectivity index (χ0) is 16.7. The molecule has 2 saturated heterocycles. The first-order valence-electron chi connectivity index (χ1n) is 7.89. The summed E-state index contributed by atoms with van der Waals surface area (Å²) in [4.78, 5) is 14.6. The van der Waals surface area contributed by atoms with Crippen LogP contribution in [0.2, 0.25) is 5.02 Å². The maximum absolute atomic E-state index is 12.8. The predicted octanol–water partition coefficient (Wildman–Crippen LogP) is 2.52. The van der Waals surface area contributed by atoms with Crippen LogP contribution in [-0.2, 0) is 11.3 Å². The molecule has 2 fully saturated rings. The van der Waals surface area contributed by atoms with E-state index in [1.54, 1.807) is 6.92 Å². The topological polar surface area (TPSA) is 50.2 Å². The van der Waals surface area contributed by atoms with E-state index in [4.69, 9.17) is 11.6 Å². The first-order valence-corrected chi connectivity index (χ1v) is 8.26. The molecule has 1 aromatic heterocycles. The standard InChI is InChI=1S/C15H21ClF2N4O/c1-8-13(16)14(15(17)18)20-22(8)7-12(23)19-9-5-10-3-4-11(6-9)21(10)2/h9-11,15H,3-7H2,1-2H3,(H,19,23). The SMILES string of the molecule is Cc1c(Cl)c(C(F)F)nn1CC(=O)NC1CC2CCC(C1)N2C. The van der Waals surface area contributed by atoms with Crippen molar-refractivity contribution in [3.05, 3.63) is 16.4 Å². The van der Waals surface area contributed by atoms with Crippen molar-refractivity contribution in [2.24, 2.45) is 0 Å².